The molecule has 0 aromatic carbocycles. The maximum atomic E-state index is 13.1. The van der Waals surface area contributed by atoms with E-state index in [2.05, 4.69) is 34.3 Å². The fourth-order valence-corrected chi connectivity index (χ4v) is 4.21. The Labute approximate surface area is 187 Å². The molecule has 0 bridgehead atoms. The van der Waals surface area contributed by atoms with E-state index >= 15 is 0 Å². The minimum atomic E-state index is -0.259. The Morgan fingerprint density at radius 2 is 2.09 bits per heavy atom. The van der Waals surface area contributed by atoms with Gasteiger partial charge in [-0.05, 0) is 24.5 Å². The number of nitrogens with one attached hydrogen (secondary N) is 1. The summed E-state index contributed by atoms with van der Waals surface area (Å²) in [6.07, 6.45) is 2.92. The number of methoxy groups -OCH3 is 1. The molecule has 2 amide bonds. The summed E-state index contributed by atoms with van der Waals surface area (Å²) >= 11 is 0. The zero-order valence-electron chi connectivity index (χ0n) is 18.8. The summed E-state index contributed by atoms with van der Waals surface area (Å²) in [5, 5.41) is 12.0. The lowest BCUT2D eigenvalue weighted by atomic mass is 10.0. The van der Waals surface area contributed by atoms with Gasteiger partial charge in [0.15, 0.2) is 5.82 Å². The smallest absolute Gasteiger partial charge is 0.259 e. The SMILES string of the molecule is COc1ncccc1C(=O)N1CCc2nnc([C@H](NC(=O)[C@H]3CCOC3)C(C)C)n2CC1. The van der Waals surface area contributed by atoms with Gasteiger partial charge in [0.25, 0.3) is 5.91 Å². The van der Waals surface area contributed by atoms with E-state index < -0.39 is 0 Å². The number of carbonyl (C=O) groups excluding carboxylic acids is 2. The highest BCUT2D eigenvalue weighted by molar-refractivity contribution is 5.96. The average molecular weight is 443 g/mol. The van der Waals surface area contributed by atoms with Crippen LogP contribution in [0, 0.1) is 11.8 Å². The van der Waals surface area contributed by atoms with Crippen molar-refractivity contribution < 1.29 is 19.1 Å². The molecule has 172 valence electrons. The monoisotopic (exact) mass is 442 g/mol. The third kappa shape index (κ3) is 4.45. The van der Waals surface area contributed by atoms with Crippen molar-refractivity contribution in [1.29, 1.82) is 0 Å². The lowest BCUT2D eigenvalue weighted by Crippen LogP contribution is -2.38. The van der Waals surface area contributed by atoms with Crippen molar-refractivity contribution in [2.75, 3.05) is 33.4 Å². The van der Waals surface area contributed by atoms with E-state index in [9.17, 15) is 9.59 Å². The molecule has 0 saturated carbocycles. The summed E-state index contributed by atoms with van der Waals surface area (Å²) in [5.74, 6) is 1.76. The Bertz CT molecular complexity index is 969. The van der Waals surface area contributed by atoms with E-state index in [1.165, 1.54) is 7.11 Å². The Kier molecular flexibility index (Phi) is 6.69. The van der Waals surface area contributed by atoms with Crippen LogP contribution in [0.3, 0.4) is 0 Å². The second-order valence-electron chi connectivity index (χ2n) is 8.52. The molecule has 4 rings (SSSR count). The van der Waals surface area contributed by atoms with Crippen LogP contribution in [0.2, 0.25) is 0 Å². The molecular weight excluding hydrogens is 412 g/mol. The van der Waals surface area contributed by atoms with Crippen LogP contribution < -0.4 is 10.1 Å². The second kappa shape index (κ2) is 9.64. The maximum absolute atomic E-state index is 13.1. The van der Waals surface area contributed by atoms with Gasteiger partial charge in [-0.3, -0.25) is 9.59 Å². The normalized spacial score (nSPS) is 19.4. The van der Waals surface area contributed by atoms with Gasteiger partial charge in [0, 0.05) is 38.9 Å². The highest BCUT2D eigenvalue weighted by Crippen LogP contribution is 2.25. The van der Waals surface area contributed by atoms with Crippen LogP contribution >= 0.6 is 0 Å². The highest BCUT2D eigenvalue weighted by atomic mass is 16.5. The van der Waals surface area contributed by atoms with Gasteiger partial charge in [0.05, 0.1) is 25.7 Å². The predicted octanol–water partition coefficient (Wildman–Crippen LogP) is 1.23. The molecule has 2 aromatic rings. The van der Waals surface area contributed by atoms with Gasteiger partial charge in [0.1, 0.15) is 11.4 Å². The fourth-order valence-electron chi connectivity index (χ4n) is 4.21. The van der Waals surface area contributed by atoms with Gasteiger partial charge < -0.3 is 24.3 Å². The van der Waals surface area contributed by atoms with Crippen LogP contribution in [0.5, 0.6) is 5.88 Å². The van der Waals surface area contributed by atoms with E-state index in [0.717, 1.165) is 18.1 Å². The summed E-state index contributed by atoms with van der Waals surface area (Å²) in [7, 11) is 1.51. The van der Waals surface area contributed by atoms with Crippen molar-refractivity contribution in [3.05, 3.63) is 35.5 Å². The van der Waals surface area contributed by atoms with Gasteiger partial charge >= 0.3 is 0 Å². The largest absolute Gasteiger partial charge is 0.480 e. The number of fused-ring (bicyclic) bond motifs is 1. The molecule has 2 atom stereocenters. The topological polar surface area (TPSA) is 111 Å². The third-order valence-corrected chi connectivity index (χ3v) is 6.08. The lowest BCUT2D eigenvalue weighted by molar-refractivity contribution is -0.126. The van der Waals surface area contributed by atoms with Crippen molar-refractivity contribution >= 4 is 11.8 Å². The molecule has 10 nitrogen and oxygen atoms in total. The Hall–Kier alpha value is -3.01. The first-order chi connectivity index (χ1) is 15.5. The molecule has 4 heterocycles. The molecule has 0 aliphatic carbocycles. The summed E-state index contributed by atoms with van der Waals surface area (Å²) in [4.78, 5) is 31.8. The minimum Gasteiger partial charge on any atom is -0.480 e. The van der Waals surface area contributed by atoms with Crippen molar-refractivity contribution in [3.63, 3.8) is 0 Å². The summed E-state index contributed by atoms with van der Waals surface area (Å²) in [5.41, 5.74) is 0.444. The van der Waals surface area contributed by atoms with E-state index in [1.807, 2.05) is 4.57 Å². The lowest BCUT2D eigenvalue weighted by Gasteiger charge is -2.24. The van der Waals surface area contributed by atoms with Crippen molar-refractivity contribution in [2.45, 2.75) is 39.3 Å². The zero-order valence-corrected chi connectivity index (χ0v) is 18.8. The first-order valence-corrected chi connectivity index (χ1v) is 11.1. The van der Waals surface area contributed by atoms with Crippen molar-refractivity contribution in [2.24, 2.45) is 11.8 Å². The number of nitrogens with zero attached hydrogens (tertiary/aromatic N) is 5. The fraction of sp³-hybridized carbons (Fsp3) is 0.591. The number of ether oxygens (including phenoxy) is 2. The van der Waals surface area contributed by atoms with Crippen LogP contribution in [-0.4, -0.2) is 69.9 Å². The highest BCUT2D eigenvalue weighted by Gasteiger charge is 2.32. The van der Waals surface area contributed by atoms with Crippen molar-refractivity contribution in [3.8, 4) is 5.88 Å². The summed E-state index contributed by atoms with van der Waals surface area (Å²) in [6.45, 7) is 6.77. The molecule has 0 radical (unpaired) electrons. The molecule has 10 heteroatoms. The molecule has 2 aliphatic heterocycles. The number of hydrogen-bond acceptors (Lipinski definition) is 7. The molecule has 1 fully saturated rings. The molecule has 32 heavy (non-hydrogen) atoms. The van der Waals surface area contributed by atoms with Crippen LogP contribution in [-0.2, 0) is 22.5 Å². The number of rotatable bonds is 6. The van der Waals surface area contributed by atoms with Crippen LogP contribution in [0.15, 0.2) is 18.3 Å². The minimum absolute atomic E-state index is 0.00681. The molecule has 2 aliphatic rings. The number of aromatic nitrogens is 4. The molecule has 1 saturated heterocycles. The molecule has 0 spiro atoms. The van der Waals surface area contributed by atoms with Gasteiger partial charge in [-0.15, -0.1) is 10.2 Å². The van der Waals surface area contributed by atoms with E-state index in [4.69, 9.17) is 9.47 Å². The summed E-state index contributed by atoms with van der Waals surface area (Å²) < 4.78 is 12.7. The summed E-state index contributed by atoms with van der Waals surface area (Å²) in [6, 6.07) is 3.19. The Balaban J connectivity index is 1.50. The van der Waals surface area contributed by atoms with Crippen LogP contribution in [0.1, 0.15) is 48.3 Å². The number of pyridine rings is 1. The van der Waals surface area contributed by atoms with Gasteiger partial charge in [-0.25, -0.2) is 4.98 Å². The average Bonchev–Trinajstić information content (AvgIpc) is 3.43. The maximum Gasteiger partial charge on any atom is 0.259 e. The Morgan fingerprint density at radius 1 is 1.25 bits per heavy atom. The van der Waals surface area contributed by atoms with Crippen LogP contribution in [0.25, 0.3) is 0 Å². The first kappa shape index (κ1) is 22.2. The standard InChI is InChI=1S/C22H30N6O4/c1-14(2)18(24-20(29)15-7-12-32-13-15)19-26-25-17-6-9-27(10-11-28(17)19)22(30)16-5-4-8-23-21(16)31-3/h4-5,8,14-15,18H,6-7,9-13H2,1-3H3,(H,24,29)/t15-,18+/m0/s1. The quantitative estimate of drug-likeness (QED) is 0.716. The van der Waals surface area contributed by atoms with E-state index in [1.54, 1.807) is 23.2 Å². The van der Waals surface area contributed by atoms with Gasteiger partial charge in [-0.2, -0.15) is 0 Å². The second-order valence-corrected chi connectivity index (χ2v) is 8.52. The number of hydrogen-bond donors (Lipinski definition) is 1. The molecule has 1 N–H and O–H groups in total. The predicted molar refractivity (Wildman–Crippen MR) is 115 cm³/mol. The van der Waals surface area contributed by atoms with Crippen molar-refractivity contribution in [1.82, 2.24) is 30.0 Å². The number of carbonyl (C=O) groups is 2. The Morgan fingerprint density at radius 3 is 2.81 bits per heavy atom. The molecule has 0 unspecified atom stereocenters. The van der Waals surface area contributed by atoms with Crippen LogP contribution in [0.4, 0.5) is 0 Å². The number of amides is 2. The zero-order chi connectivity index (χ0) is 22.7. The third-order valence-electron chi connectivity index (χ3n) is 6.08. The molecular formula is C22H30N6O4. The first-order valence-electron chi connectivity index (χ1n) is 11.1. The van der Waals surface area contributed by atoms with E-state index in [-0.39, 0.29) is 29.7 Å². The van der Waals surface area contributed by atoms with Gasteiger partial charge in [-0.1, -0.05) is 13.8 Å². The van der Waals surface area contributed by atoms with E-state index in [0.29, 0.717) is 50.7 Å². The molecule has 2 aromatic heterocycles. The van der Waals surface area contributed by atoms with Gasteiger partial charge in [0.2, 0.25) is 11.8 Å².